The zero-order valence-corrected chi connectivity index (χ0v) is 14.5. The van der Waals surface area contributed by atoms with E-state index in [1.807, 2.05) is 30.3 Å². The summed E-state index contributed by atoms with van der Waals surface area (Å²) in [4.78, 5) is 12.1. The molecule has 1 saturated heterocycles. The number of rotatable bonds is 6. The number of amides is 1. The summed E-state index contributed by atoms with van der Waals surface area (Å²) < 4.78 is 32.5. The quantitative estimate of drug-likeness (QED) is 0.828. The van der Waals surface area contributed by atoms with Gasteiger partial charge in [-0.05, 0) is 42.7 Å². The summed E-state index contributed by atoms with van der Waals surface area (Å²) in [7, 11) is -3.61. The summed E-state index contributed by atoms with van der Waals surface area (Å²) in [6.07, 6.45) is 1.17. The van der Waals surface area contributed by atoms with Gasteiger partial charge in [-0.25, -0.2) is 13.1 Å². The molecule has 3 rings (SSSR count). The third kappa shape index (κ3) is 4.66. The zero-order chi connectivity index (χ0) is 17.7. The van der Waals surface area contributed by atoms with E-state index < -0.39 is 16.1 Å². The van der Waals surface area contributed by atoms with Crippen LogP contribution in [0.15, 0.2) is 59.5 Å². The lowest BCUT2D eigenvalue weighted by molar-refractivity contribution is -0.124. The van der Waals surface area contributed by atoms with Crippen LogP contribution in [0.4, 0.5) is 5.69 Å². The minimum Gasteiger partial charge on any atom is -0.368 e. The molecule has 6 nitrogen and oxygen atoms in total. The minimum atomic E-state index is -3.61. The number of carbonyl (C=O) groups excluding carboxylic acids is 1. The third-order valence-corrected chi connectivity index (χ3v) is 5.38. The molecule has 0 saturated carbocycles. The molecule has 2 aromatic carbocycles. The Bertz CT molecular complexity index is 814. The van der Waals surface area contributed by atoms with Crippen molar-refractivity contribution in [1.29, 1.82) is 0 Å². The molecule has 0 radical (unpaired) electrons. The number of ether oxygens (including phenoxy) is 1. The van der Waals surface area contributed by atoms with Crippen molar-refractivity contribution in [3.05, 3.63) is 60.2 Å². The van der Waals surface area contributed by atoms with E-state index in [0.717, 1.165) is 12.0 Å². The highest BCUT2D eigenvalue weighted by Crippen LogP contribution is 2.17. The van der Waals surface area contributed by atoms with Gasteiger partial charge in [-0.2, -0.15) is 0 Å². The summed E-state index contributed by atoms with van der Waals surface area (Å²) in [5.74, 6) is -0.199. The lowest BCUT2D eigenvalue weighted by Crippen LogP contribution is -2.27. The normalized spacial score (nSPS) is 17.4. The lowest BCUT2D eigenvalue weighted by Gasteiger charge is -2.11. The van der Waals surface area contributed by atoms with Crippen molar-refractivity contribution in [2.24, 2.45) is 0 Å². The number of nitrogens with one attached hydrogen (secondary N) is 2. The van der Waals surface area contributed by atoms with E-state index in [1.54, 1.807) is 12.1 Å². The van der Waals surface area contributed by atoms with E-state index in [9.17, 15) is 13.2 Å². The molecule has 2 aromatic rings. The third-order valence-electron chi connectivity index (χ3n) is 3.96. The molecule has 1 aliphatic rings. The Morgan fingerprint density at radius 3 is 2.44 bits per heavy atom. The van der Waals surface area contributed by atoms with Crippen LogP contribution >= 0.6 is 0 Å². The van der Waals surface area contributed by atoms with Gasteiger partial charge in [0.15, 0.2) is 0 Å². The van der Waals surface area contributed by atoms with Crippen molar-refractivity contribution in [3.8, 4) is 0 Å². The standard InChI is InChI=1S/C18H20N2O4S/c21-18(17-7-4-12-24-17)20-15-8-10-16(11-9-15)25(22,23)19-13-14-5-2-1-3-6-14/h1-3,5-6,8-11,17,19H,4,7,12-13H2,(H,20,21)/t17-/m1/s1. The first kappa shape index (κ1) is 17.6. The molecule has 0 spiro atoms. The van der Waals surface area contributed by atoms with Gasteiger partial charge in [-0.1, -0.05) is 30.3 Å². The van der Waals surface area contributed by atoms with Crippen molar-refractivity contribution in [1.82, 2.24) is 4.72 Å². The van der Waals surface area contributed by atoms with Crippen LogP contribution in [0.3, 0.4) is 0 Å². The molecular weight excluding hydrogens is 340 g/mol. The van der Waals surface area contributed by atoms with Gasteiger partial charge >= 0.3 is 0 Å². The number of sulfonamides is 1. The molecule has 1 fully saturated rings. The SMILES string of the molecule is O=C(Nc1ccc(S(=O)(=O)NCc2ccccc2)cc1)[C@H]1CCCO1. The molecule has 1 aliphatic heterocycles. The van der Waals surface area contributed by atoms with Gasteiger partial charge in [0.2, 0.25) is 10.0 Å². The van der Waals surface area contributed by atoms with Crippen LogP contribution < -0.4 is 10.0 Å². The topological polar surface area (TPSA) is 84.5 Å². The smallest absolute Gasteiger partial charge is 0.253 e. The largest absolute Gasteiger partial charge is 0.368 e. The fourth-order valence-corrected chi connectivity index (χ4v) is 3.60. The van der Waals surface area contributed by atoms with Crippen LogP contribution in [0, 0.1) is 0 Å². The minimum absolute atomic E-state index is 0.151. The monoisotopic (exact) mass is 360 g/mol. The Morgan fingerprint density at radius 2 is 1.80 bits per heavy atom. The average Bonchev–Trinajstić information content (AvgIpc) is 3.16. The number of hydrogen-bond donors (Lipinski definition) is 2. The summed E-state index contributed by atoms with van der Waals surface area (Å²) in [5, 5.41) is 2.74. The highest BCUT2D eigenvalue weighted by molar-refractivity contribution is 7.89. The fraction of sp³-hybridized carbons (Fsp3) is 0.278. The van der Waals surface area contributed by atoms with Crippen LogP contribution in [0.5, 0.6) is 0 Å². The Hall–Kier alpha value is -2.22. The van der Waals surface area contributed by atoms with Crippen molar-refractivity contribution < 1.29 is 17.9 Å². The maximum absolute atomic E-state index is 12.3. The molecule has 0 unspecified atom stereocenters. The second kappa shape index (κ2) is 7.77. The Morgan fingerprint density at radius 1 is 1.08 bits per heavy atom. The van der Waals surface area contributed by atoms with Gasteiger partial charge in [0.1, 0.15) is 6.10 Å². The van der Waals surface area contributed by atoms with Crippen molar-refractivity contribution >= 4 is 21.6 Å². The molecule has 132 valence electrons. The summed E-state index contributed by atoms with van der Waals surface area (Å²) >= 11 is 0. The first-order valence-electron chi connectivity index (χ1n) is 8.11. The van der Waals surface area contributed by atoms with Crippen LogP contribution in [0.1, 0.15) is 18.4 Å². The number of hydrogen-bond acceptors (Lipinski definition) is 4. The van der Waals surface area contributed by atoms with Crippen molar-refractivity contribution in [2.75, 3.05) is 11.9 Å². The van der Waals surface area contributed by atoms with Crippen LogP contribution in [-0.4, -0.2) is 27.0 Å². The predicted octanol–water partition coefficient (Wildman–Crippen LogP) is 2.28. The number of anilines is 1. The second-order valence-electron chi connectivity index (χ2n) is 5.83. The fourth-order valence-electron chi connectivity index (χ4n) is 2.58. The molecule has 1 amide bonds. The molecule has 1 heterocycles. The maximum Gasteiger partial charge on any atom is 0.253 e. The zero-order valence-electron chi connectivity index (χ0n) is 13.6. The average molecular weight is 360 g/mol. The van der Waals surface area contributed by atoms with E-state index in [0.29, 0.717) is 18.7 Å². The first-order valence-corrected chi connectivity index (χ1v) is 9.59. The molecule has 0 aromatic heterocycles. The van der Waals surface area contributed by atoms with Crippen LogP contribution in [0.2, 0.25) is 0 Å². The summed E-state index contributed by atoms with van der Waals surface area (Å²) in [6.45, 7) is 0.822. The van der Waals surface area contributed by atoms with E-state index in [1.165, 1.54) is 12.1 Å². The summed E-state index contributed by atoms with van der Waals surface area (Å²) in [5.41, 5.74) is 1.43. The first-order chi connectivity index (χ1) is 12.0. The van der Waals surface area contributed by atoms with E-state index in [4.69, 9.17) is 4.74 Å². The number of carbonyl (C=O) groups is 1. The molecule has 2 N–H and O–H groups in total. The van der Waals surface area contributed by atoms with E-state index in [-0.39, 0.29) is 17.3 Å². The van der Waals surface area contributed by atoms with Gasteiger partial charge in [0, 0.05) is 18.8 Å². The van der Waals surface area contributed by atoms with Gasteiger partial charge < -0.3 is 10.1 Å². The predicted molar refractivity (Wildman–Crippen MR) is 94.5 cm³/mol. The van der Waals surface area contributed by atoms with Gasteiger partial charge in [0.05, 0.1) is 4.90 Å². The Balaban J connectivity index is 1.61. The number of benzene rings is 2. The molecule has 7 heteroatoms. The highest BCUT2D eigenvalue weighted by atomic mass is 32.2. The summed E-state index contributed by atoms with van der Waals surface area (Å²) in [6, 6.07) is 15.4. The van der Waals surface area contributed by atoms with Gasteiger partial charge in [-0.3, -0.25) is 4.79 Å². The molecular formula is C18H20N2O4S. The van der Waals surface area contributed by atoms with E-state index in [2.05, 4.69) is 10.0 Å². The van der Waals surface area contributed by atoms with Gasteiger partial charge in [-0.15, -0.1) is 0 Å². The lowest BCUT2D eigenvalue weighted by atomic mass is 10.2. The second-order valence-corrected chi connectivity index (χ2v) is 7.59. The highest BCUT2D eigenvalue weighted by Gasteiger charge is 2.23. The maximum atomic E-state index is 12.3. The van der Waals surface area contributed by atoms with Crippen molar-refractivity contribution in [3.63, 3.8) is 0 Å². The Labute approximate surface area is 147 Å². The molecule has 0 aliphatic carbocycles. The molecule has 25 heavy (non-hydrogen) atoms. The van der Waals surface area contributed by atoms with E-state index >= 15 is 0 Å². The van der Waals surface area contributed by atoms with Crippen LogP contribution in [-0.2, 0) is 26.1 Å². The van der Waals surface area contributed by atoms with Crippen molar-refractivity contribution in [2.45, 2.75) is 30.4 Å². The molecule has 1 atom stereocenters. The Kier molecular flexibility index (Phi) is 5.47. The van der Waals surface area contributed by atoms with Gasteiger partial charge in [0.25, 0.3) is 5.91 Å². The van der Waals surface area contributed by atoms with Crippen LogP contribution in [0.25, 0.3) is 0 Å². The molecule has 0 bridgehead atoms.